The van der Waals surface area contributed by atoms with Crippen molar-refractivity contribution in [3.05, 3.63) is 90.5 Å². The van der Waals surface area contributed by atoms with E-state index in [0.717, 1.165) is 11.1 Å². The molecule has 2 rings (SSSR count). The maximum absolute atomic E-state index is 10.8. The minimum atomic E-state index is -1.00. The third kappa shape index (κ3) is 3.43. The van der Waals surface area contributed by atoms with Gasteiger partial charge in [0.25, 0.3) is 0 Å². The van der Waals surface area contributed by atoms with Crippen LogP contribution >= 0.6 is 0 Å². The molecule has 0 spiro atoms. The molecule has 2 aromatic carbocycles. The van der Waals surface area contributed by atoms with Crippen molar-refractivity contribution in [2.45, 2.75) is 12.0 Å². The lowest BCUT2D eigenvalue weighted by Gasteiger charge is -2.23. The van der Waals surface area contributed by atoms with Crippen molar-refractivity contribution in [1.29, 1.82) is 0 Å². The minimum absolute atomic E-state index is 0.486. The molecule has 19 heavy (non-hydrogen) atoms. The third-order valence-electron chi connectivity index (χ3n) is 3.08. The van der Waals surface area contributed by atoms with Crippen molar-refractivity contribution >= 4 is 6.08 Å². The second-order valence-electron chi connectivity index (χ2n) is 4.53. The second kappa shape index (κ2) is 6.17. The van der Waals surface area contributed by atoms with Gasteiger partial charge in [0.05, 0.1) is 0 Å². The van der Waals surface area contributed by atoms with E-state index < -0.39 is 5.60 Å². The van der Waals surface area contributed by atoms with E-state index in [4.69, 9.17) is 0 Å². The summed E-state index contributed by atoms with van der Waals surface area (Å²) in [5.74, 6) is 0. The van der Waals surface area contributed by atoms with Crippen molar-refractivity contribution in [3.8, 4) is 0 Å². The molecule has 0 bridgehead atoms. The topological polar surface area (TPSA) is 20.2 Å². The normalized spacial score (nSPS) is 14.2. The molecule has 0 amide bonds. The van der Waals surface area contributed by atoms with Crippen LogP contribution in [0.5, 0.6) is 0 Å². The molecule has 0 aliphatic heterocycles. The molecular formula is C18H18O. The van der Waals surface area contributed by atoms with Crippen LogP contribution in [0.15, 0.2) is 79.4 Å². The van der Waals surface area contributed by atoms with E-state index in [1.54, 1.807) is 6.08 Å². The highest BCUT2D eigenvalue weighted by Gasteiger charge is 2.23. The first-order valence-corrected chi connectivity index (χ1v) is 6.38. The Bertz CT molecular complexity index is 542. The first-order chi connectivity index (χ1) is 9.24. The van der Waals surface area contributed by atoms with Gasteiger partial charge in [-0.2, -0.15) is 0 Å². The average molecular weight is 250 g/mol. The zero-order valence-electron chi connectivity index (χ0n) is 10.9. The van der Waals surface area contributed by atoms with E-state index in [0.29, 0.717) is 6.42 Å². The highest BCUT2D eigenvalue weighted by Crippen LogP contribution is 2.27. The lowest BCUT2D eigenvalue weighted by molar-refractivity contribution is 0.0938. The van der Waals surface area contributed by atoms with E-state index in [-0.39, 0.29) is 0 Å². The number of hydrogen-bond acceptors (Lipinski definition) is 1. The molecule has 1 atom stereocenters. The van der Waals surface area contributed by atoms with Gasteiger partial charge in [-0.05, 0) is 17.2 Å². The smallest absolute Gasteiger partial charge is 0.111 e. The highest BCUT2D eigenvalue weighted by atomic mass is 16.3. The lowest BCUT2D eigenvalue weighted by Crippen LogP contribution is -2.21. The van der Waals surface area contributed by atoms with Gasteiger partial charge in [0.2, 0.25) is 0 Å². The first kappa shape index (κ1) is 13.3. The molecule has 1 nitrogen and oxygen atoms in total. The fraction of sp³-hybridized carbons (Fsp3) is 0.111. The summed E-state index contributed by atoms with van der Waals surface area (Å²) in [4.78, 5) is 0. The summed E-state index contributed by atoms with van der Waals surface area (Å²) >= 11 is 0. The Balaban J connectivity index is 2.30. The van der Waals surface area contributed by atoms with Crippen LogP contribution in [-0.2, 0) is 5.60 Å². The molecular weight excluding hydrogens is 232 g/mol. The average Bonchev–Trinajstić information content (AvgIpc) is 2.48. The summed E-state index contributed by atoms with van der Waals surface area (Å²) in [5, 5.41) is 10.8. The zero-order chi connectivity index (χ0) is 13.6. The Morgan fingerprint density at radius 2 is 1.53 bits per heavy atom. The highest BCUT2D eigenvalue weighted by molar-refractivity contribution is 5.51. The van der Waals surface area contributed by atoms with Crippen molar-refractivity contribution in [3.63, 3.8) is 0 Å². The molecule has 96 valence electrons. The Hall–Kier alpha value is -2.12. The molecule has 0 aliphatic carbocycles. The van der Waals surface area contributed by atoms with E-state index in [1.807, 2.05) is 72.8 Å². The van der Waals surface area contributed by atoms with Crippen molar-refractivity contribution in [1.82, 2.24) is 0 Å². The Labute approximate surface area is 114 Å². The van der Waals surface area contributed by atoms with E-state index in [1.165, 1.54) is 0 Å². The van der Waals surface area contributed by atoms with Crippen LogP contribution in [0.25, 0.3) is 6.08 Å². The largest absolute Gasteiger partial charge is 0.381 e. The van der Waals surface area contributed by atoms with Crippen LogP contribution < -0.4 is 0 Å². The van der Waals surface area contributed by atoms with Crippen LogP contribution in [-0.4, -0.2) is 5.11 Å². The van der Waals surface area contributed by atoms with Crippen LogP contribution in [0.1, 0.15) is 17.5 Å². The fourth-order valence-corrected chi connectivity index (χ4v) is 2.03. The van der Waals surface area contributed by atoms with Gasteiger partial charge in [0, 0.05) is 6.42 Å². The van der Waals surface area contributed by atoms with E-state index in [9.17, 15) is 5.11 Å². The molecule has 0 saturated heterocycles. The maximum Gasteiger partial charge on any atom is 0.111 e. The number of hydrogen-bond donors (Lipinski definition) is 1. The number of benzene rings is 2. The summed E-state index contributed by atoms with van der Waals surface area (Å²) < 4.78 is 0. The van der Waals surface area contributed by atoms with E-state index >= 15 is 0 Å². The first-order valence-electron chi connectivity index (χ1n) is 6.38. The van der Waals surface area contributed by atoms with Gasteiger partial charge in [-0.1, -0.05) is 72.8 Å². The fourth-order valence-electron chi connectivity index (χ4n) is 2.03. The van der Waals surface area contributed by atoms with Crippen LogP contribution in [0.4, 0.5) is 0 Å². The molecule has 1 N–H and O–H groups in total. The van der Waals surface area contributed by atoms with Crippen LogP contribution in [0, 0.1) is 0 Å². The van der Waals surface area contributed by atoms with Crippen molar-refractivity contribution in [2.75, 3.05) is 0 Å². The number of aliphatic hydroxyl groups is 1. The molecule has 0 unspecified atom stereocenters. The predicted molar refractivity (Wildman–Crippen MR) is 80.6 cm³/mol. The molecule has 0 saturated carbocycles. The molecule has 0 radical (unpaired) electrons. The maximum atomic E-state index is 10.8. The summed E-state index contributed by atoms with van der Waals surface area (Å²) in [6.45, 7) is 3.73. The lowest BCUT2D eigenvalue weighted by atomic mass is 9.89. The zero-order valence-corrected chi connectivity index (χ0v) is 10.9. The summed E-state index contributed by atoms with van der Waals surface area (Å²) in [6, 6.07) is 19.6. The van der Waals surface area contributed by atoms with E-state index in [2.05, 4.69) is 6.58 Å². The van der Waals surface area contributed by atoms with Crippen molar-refractivity contribution < 1.29 is 5.11 Å². The van der Waals surface area contributed by atoms with Gasteiger partial charge in [-0.25, -0.2) is 0 Å². The van der Waals surface area contributed by atoms with Gasteiger partial charge in [0.15, 0.2) is 0 Å². The quantitative estimate of drug-likeness (QED) is 0.790. The Morgan fingerprint density at radius 1 is 0.947 bits per heavy atom. The van der Waals surface area contributed by atoms with Gasteiger partial charge in [0.1, 0.15) is 5.60 Å². The predicted octanol–water partition coefficient (Wildman–Crippen LogP) is 4.16. The van der Waals surface area contributed by atoms with Crippen LogP contribution in [0.3, 0.4) is 0 Å². The minimum Gasteiger partial charge on any atom is -0.381 e. The molecule has 2 aromatic rings. The molecule has 0 fully saturated rings. The molecule has 0 aliphatic rings. The molecule has 0 heterocycles. The summed E-state index contributed by atoms with van der Waals surface area (Å²) in [5.41, 5.74) is 0.946. The van der Waals surface area contributed by atoms with Crippen LogP contribution in [0.2, 0.25) is 0 Å². The Kier molecular flexibility index (Phi) is 4.32. The van der Waals surface area contributed by atoms with Gasteiger partial charge in [-0.15, -0.1) is 6.58 Å². The Morgan fingerprint density at radius 3 is 2.11 bits per heavy atom. The third-order valence-corrected chi connectivity index (χ3v) is 3.08. The second-order valence-corrected chi connectivity index (χ2v) is 4.53. The number of rotatable bonds is 5. The molecule has 1 heteroatoms. The molecule has 0 aromatic heterocycles. The van der Waals surface area contributed by atoms with Crippen molar-refractivity contribution in [2.24, 2.45) is 0 Å². The summed E-state index contributed by atoms with van der Waals surface area (Å²) in [7, 11) is 0. The summed E-state index contributed by atoms with van der Waals surface area (Å²) in [6.07, 6.45) is 6.00. The van der Waals surface area contributed by atoms with Gasteiger partial charge >= 0.3 is 0 Å². The van der Waals surface area contributed by atoms with Gasteiger partial charge < -0.3 is 5.11 Å². The SMILES string of the molecule is C=CC[C@@](O)(/C=C/c1ccccc1)c1ccccc1. The monoisotopic (exact) mass is 250 g/mol. The van der Waals surface area contributed by atoms with Gasteiger partial charge in [-0.3, -0.25) is 0 Å². The standard InChI is InChI=1S/C18H18O/c1-2-14-18(19,17-11-7-4-8-12-17)15-13-16-9-5-3-6-10-16/h2-13,15,19H,1,14H2/b15-13+/t18-/m1/s1.